The van der Waals surface area contributed by atoms with E-state index in [-0.39, 0.29) is 0 Å². The zero-order chi connectivity index (χ0) is 17.3. The first-order valence-electron chi connectivity index (χ1n) is 8.09. The normalized spacial score (nSPS) is 11.6. The molecule has 0 heterocycles. The van der Waals surface area contributed by atoms with Crippen molar-refractivity contribution in [2.45, 2.75) is 0 Å². The van der Waals surface area contributed by atoms with Gasteiger partial charge in [0.1, 0.15) is 0 Å². The summed E-state index contributed by atoms with van der Waals surface area (Å²) in [5.41, 5.74) is 0. The lowest BCUT2D eigenvalue weighted by Gasteiger charge is -2.20. The van der Waals surface area contributed by atoms with E-state index in [1.165, 1.54) is 0 Å². The van der Waals surface area contributed by atoms with Gasteiger partial charge >= 0.3 is 0 Å². The highest BCUT2D eigenvalue weighted by Crippen LogP contribution is 2.42. The summed E-state index contributed by atoms with van der Waals surface area (Å²) in [6.07, 6.45) is 0. The fraction of sp³-hybridized carbons (Fsp3) is 0. The van der Waals surface area contributed by atoms with E-state index in [1.807, 2.05) is 78.9 Å². The zero-order valence-corrected chi connectivity index (χ0v) is 16.0. The van der Waals surface area contributed by atoms with E-state index in [9.17, 15) is 4.57 Å². The Kier molecular flexibility index (Phi) is 4.33. The molecule has 0 aliphatic rings. The molecular weight excluding hydrogens is 391 g/mol. The molecule has 0 N–H and O–H groups in total. The van der Waals surface area contributed by atoms with Crippen molar-refractivity contribution in [2.75, 3.05) is 0 Å². The molecule has 0 aliphatic heterocycles. The van der Waals surface area contributed by atoms with Crippen molar-refractivity contribution in [1.29, 1.82) is 0 Å². The van der Waals surface area contributed by atoms with Crippen molar-refractivity contribution in [3.63, 3.8) is 0 Å². The van der Waals surface area contributed by atoms with Gasteiger partial charge in [0.2, 0.25) is 0 Å². The molecular formula is C22H16BrOP. The summed E-state index contributed by atoms with van der Waals surface area (Å²) in [4.78, 5) is 0. The number of fused-ring (bicyclic) bond motifs is 1. The summed E-state index contributed by atoms with van der Waals surface area (Å²) in [5.74, 6) is 0. The first kappa shape index (κ1) is 16.3. The van der Waals surface area contributed by atoms with Crippen LogP contribution in [0.2, 0.25) is 0 Å². The predicted molar refractivity (Wildman–Crippen MR) is 111 cm³/mol. The van der Waals surface area contributed by atoms with Crippen molar-refractivity contribution in [3.05, 3.63) is 102 Å². The lowest BCUT2D eigenvalue weighted by atomic mass is 10.1. The van der Waals surface area contributed by atoms with Crippen molar-refractivity contribution >= 4 is 49.8 Å². The molecule has 4 aromatic rings. The Morgan fingerprint density at radius 2 is 1.08 bits per heavy atom. The predicted octanol–water partition coefficient (Wildman–Crippen LogP) is 5.24. The van der Waals surface area contributed by atoms with Gasteiger partial charge in [-0.1, -0.05) is 94.8 Å². The fourth-order valence-corrected chi connectivity index (χ4v) is 6.19. The summed E-state index contributed by atoms with van der Waals surface area (Å²) in [5, 5.41) is 4.80. The van der Waals surface area contributed by atoms with Crippen molar-refractivity contribution in [2.24, 2.45) is 0 Å². The minimum Gasteiger partial charge on any atom is -0.309 e. The highest BCUT2D eigenvalue weighted by atomic mass is 79.9. The smallest absolute Gasteiger partial charge is 0.171 e. The lowest BCUT2D eigenvalue weighted by Crippen LogP contribution is -2.24. The van der Waals surface area contributed by atoms with Crippen LogP contribution in [0.5, 0.6) is 0 Å². The molecule has 4 rings (SSSR count). The molecule has 0 amide bonds. The first-order chi connectivity index (χ1) is 12.2. The third-order valence-corrected chi connectivity index (χ3v) is 7.94. The molecule has 0 radical (unpaired) electrons. The quantitative estimate of drug-likeness (QED) is 0.425. The number of hydrogen-bond donors (Lipinski definition) is 0. The average Bonchev–Trinajstić information content (AvgIpc) is 2.68. The lowest BCUT2D eigenvalue weighted by molar-refractivity contribution is 0.592. The van der Waals surface area contributed by atoms with Crippen LogP contribution in [0, 0.1) is 0 Å². The van der Waals surface area contributed by atoms with E-state index in [0.29, 0.717) is 0 Å². The van der Waals surface area contributed by atoms with Gasteiger partial charge in [-0.3, -0.25) is 0 Å². The van der Waals surface area contributed by atoms with Crippen molar-refractivity contribution < 1.29 is 4.57 Å². The summed E-state index contributed by atoms with van der Waals surface area (Å²) in [6, 6.07) is 31.8. The Morgan fingerprint density at radius 3 is 1.68 bits per heavy atom. The maximum atomic E-state index is 14.3. The van der Waals surface area contributed by atoms with Gasteiger partial charge in [0.15, 0.2) is 7.14 Å². The average molecular weight is 407 g/mol. The highest BCUT2D eigenvalue weighted by molar-refractivity contribution is 9.10. The Morgan fingerprint density at radius 1 is 0.560 bits per heavy atom. The van der Waals surface area contributed by atoms with Crippen LogP contribution in [0.15, 0.2) is 102 Å². The molecule has 0 saturated heterocycles. The minimum atomic E-state index is -2.90. The summed E-state index contributed by atoms with van der Waals surface area (Å²) >= 11 is 3.51. The third kappa shape index (κ3) is 2.97. The van der Waals surface area contributed by atoms with Crippen LogP contribution in [0.1, 0.15) is 0 Å². The Labute approximate surface area is 155 Å². The van der Waals surface area contributed by atoms with Crippen molar-refractivity contribution in [1.82, 2.24) is 0 Å². The summed E-state index contributed by atoms with van der Waals surface area (Å²) in [7, 11) is -2.90. The number of rotatable bonds is 3. The van der Waals surface area contributed by atoms with Crippen LogP contribution < -0.4 is 15.9 Å². The van der Waals surface area contributed by atoms with E-state index in [0.717, 1.165) is 31.2 Å². The number of halogens is 1. The first-order valence-corrected chi connectivity index (χ1v) is 10.6. The molecule has 0 bridgehead atoms. The van der Waals surface area contributed by atoms with E-state index in [4.69, 9.17) is 0 Å². The van der Waals surface area contributed by atoms with E-state index in [1.54, 1.807) is 0 Å². The monoisotopic (exact) mass is 406 g/mol. The van der Waals surface area contributed by atoms with Crippen LogP contribution >= 0.6 is 23.1 Å². The molecule has 0 aliphatic carbocycles. The van der Waals surface area contributed by atoms with Crippen LogP contribution in [-0.4, -0.2) is 0 Å². The van der Waals surface area contributed by atoms with Gasteiger partial charge in [0.05, 0.1) is 0 Å². The molecule has 0 spiro atoms. The van der Waals surface area contributed by atoms with Crippen LogP contribution in [-0.2, 0) is 4.57 Å². The molecule has 4 aromatic carbocycles. The largest absolute Gasteiger partial charge is 0.309 e. The second-order valence-electron chi connectivity index (χ2n) is 5.96. The standard InChI is InChI=1S/C22H16BrOP/c23-19-13-11-18-16-22(14-12-17(18)15-19)25(24,20-7-3-1-4-8-20)21-9-5-2-6-10-21/h1-16H. The molecule has 122 valence electrons. The molecule has 0 unspecified atom stereocenters. The van der Waals surface area contributed by atoms with E-state index in [2.05, 4.69) is 34.1 Å². The van der Waals surface area contributed by atoms with Gasteiger partial charge in [-0.25, -0.2) is 0 Å². The molecule has 25 heavy (non-hydrogen) atoms. The molecule has 0 aromatic heterocycles. The molecule has 3 heteroatoms. The maximum Gasteiger partial charge on any atom is 0.171 e. The van der Waals surface area contributed by atoms with E-state index >= 15 is 0 Å². The fourth-order valence-electron chi connectivity index (χ4n) is 3.12. The molecule has 0 fully saturated rings. The molecule has 0 atom stereocenters. The molecule has 0 saturated carbocycles. The minimum absolute atomic E-state index is 0.859. The van der Waals surface area contributed by atoms with Gasteiger partial charge < -0.3 is 4.57 Å². The van der Waals surface area contributed by atoms with Gasteiger partial charge in [0.25, 0.3) is 0 Å². The third-order valence-electron chi connectivity index (χ3n) is 4.39. The topological polar surface area (TPSA) is 17.1 Å². The molecule has 1 nitrogen and oxygen atoms in total. The number of hydrogen-bond acceptors (Lipinski definition) is 1. The van der Waals surface area contributed by atoms with Gasteiger partial charge in [-0.2, -0.15) is 0 Å². The Hall–Kier alpha value is -2.15. The second-order valence-corrected chi connectivity index (χ2v) is 9.64. The summed E-state index contributed by atoms with van der Waals surface area (Å²) in [6.45, 7) is 0. The van der Waals surface area contributed by atoms with Gasteiger partial charge in [0, 0.05) is 20.4 Å². The van der Waals surface area contributed by atoms with Crippen molar-refractivity contribution in [3.8, 4) is 0 Å². The van der Waals surface area contributed by atoms with E-state index < -0.39 is 7.14 Å². The van der Waals surface area contributed by atoms with Gasteiger partial charge in [-0.15, -0.1) is 0 Å². The Balaban J connectivity index is 1.99. The Bertz CT molecular complexity index is 1030. The second kappa shape index (κ2) is 6.63. The van der Waals surface area contributed by atoms with Gasteiger partial charge in [-0.05, 0) is 29.0 Å². The zero-order valence-electron chi connectivity index (χ0n) is 13.5. The number of benzene rings is 4. The highest BCUT2D eigenvalue weighted by Gasteiger charge is 2.29. The summed E-state index contributed by atoms with van der Waals surface area (Å²) < 4.78 is 15.4. The van der Waals surface area contributed by atoms with Crippen LogP contribution in [0.4, 0.5) is 0 Å². The van der Waals surface area contributed by atoms with Crippen LogP contribution in [0.3, 0.4) is 0 Å². The SMILES string of the molecule is O=P(c1ccccc1)(c1ccccc1)c1ccc2cc(Br)ccc2c1. The maximum absolute atomic E-state index is 14.3. The van der Waals surface area contributed by atoms with Crippen LogP contribution in [0.25, 0.3) is 10.8 Å².